The van der Waals surface area contributed by atoms with Crippen LogP contribution in [-0.4, -0.2) is 16.8 Å². The van der Waals surface area contributed by atoms with E-state index in [4.69, 9.17) is 0 Å². The SMILES string of the molecule is C=CN(/C=C\NSC)SC. The van der Waals surface area contributed by atoms with Crippen molar-refractivity contribution in [3.05, 3.63) is 25.2 Å². The van der Waals surface area contributed by atoms with Gasteiger partial charge in [0, 0.05) is 31.1 Å². The standard InChI is InChI=1S/C6H12N2S2/c1-4-8(10-3)6-5-7-9-2/h4-7H,1H2,2-3H3/b6-5-. The minimum absolute atomic E-state index is 1.56. The van der Waals surface area contributed by atoms with Crippen LogP contribution in [0.1, 0.15) is 0 Å². The molecule has 0 fully saturated rings. The summed E-state index contributed by atoms with van der Waals surface area (Å²) in [4.78, 5) is 0. The summed E-state index contributed by atoms with van der Waals surface area (Å²) in [5, 5.41) is 0. The van der Waals surface area contributed by atoms with E-state index in [0.717, 1.165) is 0 Å². The third-order valence-corrected chi connectivity index (χ3v) is 1.86. The largest absolute Gasteiger partial charge is 0.335 e. The number of rotatable bonds is 5. The Labute approximate surface area is 71.0 Å². The van der Waals surface area contributed by atoms with Crippen molar-refractivity contribution >= 4 is 23.9 Å². The number of hydrogen-bond acceptors (Lipinski definition) is 4. The Balaban J connectivity index is 3.50. The fourth-order valence-electron chi connectivity index (χ4n) is 0.368. The quantitative estimate of drug-likeness (QED) is 0.645. The van der Waals surface area contributed by atoms with Crippen LogP contribution < -0.4 is 4.72 Å². The first-order chi connectivity index (χ1) is 4.85. The van der Waals surface area contributed by atoms with E-state index in [0.29, 0.717) is 0 Å². The smallest absolute Gasteiger partial charge is 0.0321 e. The summed E-state index contributed by atoms with van der Waals surface area (Å²) in [6, 6.07) is 0. The second kappa shape index (κ2) is 6.89. The number of nitrogens with zero attached hydrogens (tertiary/aromatic N) is 1. The van der Waals surface area contributed by atoms with Gasteiger partial charge in [-0.1, -0.05) is 18.5 Å². The molecule has 0 spiro atoms. The van der Waals surface area contributed by atoms with Crippen LogP contribution in [0.3, 0.4) is 0 Å². The molecule has 0 aliphatic carbocycles. The molecule has 58 valence electrons. The molecule has 0 amide bonds. The highest BCUT2D eigenvalue weighted by Crippen LogP contribution is 2.04. The zero-order valence-corrected chi connectivity index (χ0v) is 7.84. The normalized spacial score (nSPS) is 9.80. The van der Waals surface area contributed by atoms with Crippen molar-refractivity contribution in [1.82, 2.24) is 9.03 Å². The van der Waals surface area contributed by atoms with E-state index in [1.807, 2.05) is 29.2 Å². The molecule has 0 aromatic heterocycles. The summed E-state index contributed by atoms with van der Waals surface area (Å²) in [6.07, 6.45) is 9.49. The van der Waals surface area contributed by atoms with E-state index < -0.39 is 0 Å². The lowest BCUT2D eigenvalue weighted by molar-refractivity contribution is 0.854. The molecule has 0 unspecified atom stereocenters. The van der Waals surface area contributed by atoms with Crippen molar-refractivity contribution in [1.29, 1.82) is 0 Å². The van der Waals surface area contributed by atoms with Crippen LogP contribution in [-0.2, 0) is 0 Å². The molecule has 0 heterocycles. The average Bonchev–Trinajstić information content (AvgIpc) is 1.99. The molecular formula is C6H12N2S2. The van der Waals surface area contributed by atoms with Crippen molar-refractivity contribution in [2.45, 2.75) is 0 Å². The van der Waals surface area contributed by atoms with Gasteiger partial charge in [0.05, 0.1) is 0 Å². The molecule has 0 rings (SSSR count). The van der Waals surface area contributed by atoms with Gasteiger partial charge in [-0.05, 0) is 11.9 Å². The third-order valence-electron chi connectivity index (χ3n) is 0.798. The summed E-state index contributed by atoms with van der Waals surface area (Å²) in [5.41, 5.74) is 0. The highest BCUT2D eigenvalue weighted by atomic mass is 32.2. The van der Waals surface area contributed by atoms with Gasteiger partial charge in [0.2, 0.25) is 0 Å². The molecule has 1 N–H and O–H groups in total. The Hall–Kier alpha value is -0.220. The van der Waals surface area contributed by atoms with E-state index in [9.17, 15) is 0 Å². The van der Waals surface area contributed by atoms with Gasteiger partial charge in [-0.2, -0.15) is 0 Å². The average molecular weight is 176 g/mol. The molecule has 0 atom stereocenters. The molecule has 0 aliphatic rings. The van der Waals surface area contributed by atoms with Gasteiger partial charge in [0.25, 0.3) is 0 Å². The van der Waals surface area contributed by atoms with Crippen molar-refractivity contribution in [2.24, 2.45) is 0 Å². The molecule has 2 nitrogen and oxygen atoms in total. The van der Waals surface area contributed by atoms with Crippen molar-refractivity contribution in [3.63, 3.8) is 0 Å². The summed E-state index contributed by atoms with van der Waals surface area (Å²) >= 11 is 3.16. The third kappa shape index (κ3) is 4.64. The Morgan fingerprint density at radius 3 is 2.60 bits per heavy atom. The van der Waals surface area contributed by atoms with Crippen LogP contribution in [0.15, 0.2) is 25.2 Å². The molecular weight excluding hydrogens is 164 g/mol. The molecule has 0 saturated carbocycles. The van der Waals surface area contributed by atoms with E-state index >= 15 is 0 Å². The van der Waals surface area contributed by atoms with Gasteiger partial charge in [-0.3, -0.25) is 4.31 Å². The Morgan fingerprint density at radius 2 is 2.20 bits per heavy atom. The van der Waals surface area contributed by atoms with E-state index in [1.165, 1.54) is 0 Å². The molecule has 0 aromatic rings. The van der Waals surface area contributed by atoms with Crippen molar-refractivity contribution < 1.29 is 0 Å². The lowest BCUT2D eigenvalue weighted by Crippen LogP contribution is -1.98. The second-order valence-electron chi connectivity index (χ2n) is 1.36. The fourth-order valence-corrected chi connectivity index (χ4v) is 0.897. The predicted molar refractivity (Wildman–Crippen MR) is 51.3 cm³/mol. The van der Waals surface area contributed by atoms with Crippen LogP contribution >= 0.6 is 23.9 Å². The summed E-state index contributed by atoms with van der Waals surface area (Å²) in [5.74, 6) is 0. The molecule has 0 aromatic carbocycles. The Bertz CT molecular complexity index is 114. The zero-order chi connectivity index (χ0) is 7.82. The lowest BCUT2D eigenvalue weighted by Gasteiger charge is -2.08. The first-order valence-electron chi connectivity index (χ1n) is 2.75. The highest BCUT2D eigenvalue weighted by molar-refractivity contribution is 7.96. The van der Waals surface area contributed by atoms with Crippen molar-refractivity contribution in [3.8, 4) is 0 Å². The summed E-state index contributed by atoms with van der Waals surface area (Å²) in [6.45, 7) is 3.63. The number of hydrogen-bond donors (Lipinski definition) is 1. The Morgan fingerprint density at radius 1 is 1.50 bits per heavy atom. The van der Waals surface area contributed by atoms with Gasteiger partial charge in [0.1, 0.15) is 0 Å². The molecule has 0 radical (unpaired) electrons. The predicted octanol–water partition coefficient (Wildman–Crippen LogP) is 2.05. The molecule has 0 aliphatic heterocycles. The first-order valence-corrected chi connectivity index (χ1v) is 5.16. The van der Waals surface area contributed by atoms with Crippen LogP contribution in [0.25, 0.3) is 0 Å². The molecule has 4 heteroatoms. The van der Waals surface area contributed by atoms with Crippen LogP contribution in [0.5, 0.6) is 0 Å². The van der Waals surface area contributed by atoms with E-state index in [2.05, 4.69) is 11.3 Å². The van der Waals surface area contributed by atoms with Gasteiger partial charge in [-0.25, -0.2) is 0 Å². The summed E-state index contributed by atoms with van der Waals surface area (Å²) < 4.78 is 4.89. The number of nitrogens with one attached hydrogen (secondary N) is 1. The van der Waals surface area contributed by atoms with Gasteiger partial charge in [-0.15, -0.1) is 0 Å². The molecule has 0 saturated heterocycles. The minimum atomic E-state index is 1.56. The summed E-state index contributed by atoms with van der Waals surface area (Å²) in [7, 11) is 0. The zero-order valence-electron chi connectivity index (χ0n) is 6.20. The van der Waals surface area contributed by atoms with E-state index in [-0.39, 0.29) is 0 Å². The maximum absolute atomic E-state index is 3.63. The maximum Gasteiger partial charge on any atom is 0.0321 e. The Kier molecular flexibility index (Phi) is 6.74. The fraction of sp³-hybridized carbons (Fsp3) is 0.333. The first kappa shape index (κ1) is 9.78. The van der Waals surface area contributed by atoms with Gasteiger partial charge in [0.15, 0.2) is 0 Å². The van der Waals surface area contributed by atoms with Crippen molar-refractivity contribution in [2.75, 3.05) is 12.5 Å². The van der Waals surface area contributed by atoms with Crippen LogP contribution in [0, 0.1) is 0 Å². The van der Waals surface area contributed by atoms with Gasteiger partial charge < -0.3 is 4.72 Å². The molecule has 0 bridgehead atoms. The van der Waals surface area contributed by atoms with Gasteiger partial charge >= 0.3 is 0 Å². The molecule has 10 heavy (non-hydrogen) atoms. The minimum Gasteiger partial charge on any atom is -0.335 e. The topological polar surface area (TPSA) is 15.3 Å². The maximum atomic E-state index is 3.63. The van der Waals surface area contributed by atoms with E-state index in [1.54, 1.807) is 30.1 Å². The monoisotopic (exact) mass is 176 g/mol. The highest BCUT2D eigenvalue weighted by Gasteiger charge is 1.84. The van der Waals surface area contributed by atoms with Crippen LogP contribution in [0.4, 0.5) is 0 Å². The van der Waals surface area contributed by atoms with Crippen LogP contribution in [0.2, 0.25) is 0 Å². The second-order valence-corrected chi connectivity index (χ2v) is 2.79. The lowest BCUT2D eigenvalue weighted by atomic mass is 10.8.